The molecule has 23 heavy (non-hydrogen) atoms. The van der Waals surface area contributed by atoms with Crippen LogP contribution in [0.2, 0.25) is 0 Å². The van der Waals surface area contributed by atoms with Gasteiger partial charge in [0, 0.05) is 18.9 Å². The van der Waals surface area contributed by atoms with Crippen LogP contribution in [0.25, 0.3) is 0 Å². The number of ether oxygens (including phenoxy) is 1. The second-order valence-corrected chi connectivity index (χ2v) is 6.48. The third kappa shape index (κ3) is 4.74. The minimum absolute atomic E-state index is 0.0496. The van der Waals surface area contributed by atoms with E-state index in [1.165, 1.54) is 0 Å². The molecule has 1 unspecified atom stereocenters. The summed E-state index contributed by atoms with van der Waals surface area (Å²) in [5.74, 6) is 0.629. The molecule has 0 saturated heterocycles. The zero-order valence-electron chi connectivity index (χ0n) is 14.0. The number of nitrogens with zero attached hydrogens (tertiary/aromatic N) is 2. The summed E-state index contributed by atoms with van der Waals surface area (Å²) in [6.45, 7) is 6.94. The number of benzene rings is 1. The van der Waals surface area contributed by atoms with E-state index in [9.17, 15) is 4.79 Å². The molecule has 0 spiro atoms. The van der Waals surface area contributed by atoms with Gasteiger partial charge < -0.3 is 19.9 Å². The molecule has 0 fully saturated rings. The first kappa shape index (κ1) is 16.9. The number of aromatic nitrogens is 2. The quantitative estimate of drug-likeness (QED) is 0.890. The summed E-state index contributed by atoms with van der Waals surface area (Å²) in [5.41, 5.74) is 0.547. The molecule has 0 saturated carbocycles. The Labute approximate surface area is 136 Å². The van der Waals surface area contributed by atoms with Gasteiger partial charge in [0.2, 0.25) is 0 Å². The van der Waals surface area contributed by atoms with Gasteiger partial charge >= 0.3 is 6.03 Å². The molecular formula is C17H24N4O2. The number of anilines is 1. The van der Waals surface area contributed by atoms with Gasteiger partial charge in [-0.3, -0.25) is 0 Å². The van der Waals surface area contributed by atoms with Crippen molar-refractivity contribution in [2.75, 3.05) is 12.4 Å². The van der Waals surface area contributed by atoms with Gasteiger partial charge in [-0.05, 0) is 17.5 Å². The van der Waals surface area contributed by atoms with Crippen molar-refractivity contribution in [1.29, 1.82) is 0 Å². The largest absolute Gasteiger partial charge is 0.495 e. The minimum atomic E-state index is -0.255. The number of methoxy groups -OCH3 is 1. The number of hydrogen-bond donors (Lipinski definition) is 2. The summed E-state index contributed by atoms with van der Waals surface area (Å²) in [6.07, 6.45) is 5.37. The van der Waals surface area contributed by atoms with Gasteiger partial charge in [-0.15, -0.1) is 0 Å². The van der Waals surface area contributed by atoms with Gasteiger partial charge in [-0.25, -0.2) is 9.78 Å². The van der Waals surface area contributed by atoms with Crippen LogP contribution in [0.1, 0.15) is 20.8 Å². The fourth-order valence-electron chi connectivity index (χ4n) is 2.21. The van der Waals surface area contributed by atoms with Crippen LogP contribution in [0, 0.1) is 5.41 Å². The van der Waals surface area contributed by atoms with Crippen LogP contribution >= 0.6 is 0 Å². The van der Waals surface area contributed by atoms with Crippen LogP contribution in [0.5, 0.6) is 5.75 Å². The molecule has 1 aromatic carbocycles. The first-order valence-corrected chi connectivity index (χ1v) is 7.56. The van der Waals surface area contributed by atoms with Crippen molar-refractivity contribution in [1.82, 2.24) is 14.9 Å². The van der Waals surface area contributed by atoms with Gasteiger partial charge in [-0.1, -0.05) is 32.9 Å². The number of nitrogens with one attached hydrogen (secondary N) is 2. The Balaban J connectivity index is 2.05. The summed E-state index contributed by atoms with van der Waals surface area (Å²) in [5, 5.41) is 5.88. The number of rotatable bonds is 5. The summed E-state index contributed by atoms with van der Waals surface area (Å²) in [6, 6.07) is 7.02. The normalized spacial score (nSPS) is 12.5. The first-order chi connectivity index (χ1) is 10.9. The molecule has 0 aliphatic heterocycles. The summed E-state index contributed by atoms with van der Waals surface area (Å²) < 4.78 is 7.21. The second-order valence-electron chi connectivity index (χ2n) is 6.48. The van der Waals surface area contributed by atoms with Crippen LogP contribution < -0.4 is 15.4 Å². The maximum absolute atomic E-state index is 12.4. The summed E-state index contributed by atoms with van der Waals surface area (Å²) in [7, 11) is 1.58. The van der Waals surface area contributed by atoms with E-state index in [4.69, 9.17) is 4.74 Å². The van der Waals surface area contributed by atoms with Crippen molar-refractivity contribution in [3.63, 3.8) is 0 Å². The van der Waals surface area contributed by atoms with Gasteiger partial charge in [-0.2, -0.15) is 0 Å². The number of carbonyl (C=O) groups excluding carboxylic acids is 1. The van der Waals surface area contributed by atoms with Crippen LogP contribution in [-0.2, 0) is 6.54 Å². The van der Waals surface area contributed by atoms with Crippen LogP contribution in [0.4, 0.5) is 10.5 Å². The molecule has 1 aromatic heterocycles. The van der Waals surface area contributed by atoms with E-state index in [2.05, 4.69) is 36.4 Å². The van der Waals surface area contributed by atoms with Gasteiger partial charge in [0.15, 0.2) is 0 Å². The molecule has 1 atom stereocenters. The fraction of sp³-hybridized carbons (Fsp3) is 0.412. The van der Waals surface area contributed by atoms with E-state index in [0.29, 0.717) is 18.0 Å². The lowest BCUT2D eigenvalue weighted by atomic mass is 9.86. The van der Waals surface area contributed by atoms with E-state index >= 15 is 0 Å². The van der Waals surface area contributed by atoms with Crippen molar-refractivity contribution >= 4 is 11.7 Å². The zero-order chi connectivity index (χ0) is 16.9. The number of urea groups is 1. The highest BCUT2D eigenvalue weighted by Crippen LogP contribution is 2.24. The minimum Gasteiger partial charge on any atom is -0.495 e. The Morgan fingerprint density at radius 3 is 2.70 bits per heavy atom. The van der Waals surface area contributed by atoms with E-state index in [-0.39, 0.29) is 17.5 Å². The van der Waals surface area contributed by atoms with Crippen molar-refractivity contribution < 1.29 is 9.53 Å². The molecule has 0 aliphatic carbocycles. The molecule has 2 N–H and O–H groups in total. The molecule has 2 rings (SSSR count). The third-order valence-corrected chi connectivity index (χ3v) is 3.66. The molecule has 2 aromatic rings. The average Bonchev–Trinajstić information content (AvgIpc) is 2.99. The smallest absolute Gasteiger partial charge is 0.319 e. The second kappa shape index (κ2) is 7.17. The monoisotopic (exact) mass is 316 g/mol. The lowest BCUT2D eigenvalue weighted by molar-refractivity contribution is 0.218. The summed E-state index contributed by atoms with van der Waals surface area (Å²) >= 11 is 0. The molecule has 0 bridgehead atoms. The maximum Gasteiger partial charge on any atom is 0.319 e. The molecule has 2 amide bonds. The van der Waals surface area contributed by atoms with Crippen molar-refractivity contribution in [2.24, 2.45) is 5.41 Å². The molecule has 6 heteroatoms. The van der Waals surface area contributed by atoms with Crippen LogP contribution in [-0.4, -0.2) is 28.7 Å². The lowest BCUT2D eigenvalue weighted by Gasteiger charge is -2.31. The number of hydrogen-bond acceptors (Lipinski definition) is 3. The standard InChI is InChI=1S/C17H24N4O2/c1-17(2,3)15(11-21-10-9-18-12-21)20-16(22)19-13-7-5-6-8-14(13)23-4/h5-10,12,15H,11H2,1-4H3,(H2,19,20,22). The predicted molar refractivity (Wildman–Crippen MR) is 90.6 cm³/mol. The highest BCUT2D eigenvalue weighted by Gasteiger charge is 2.26. The van der Waals surface area contributed by atoms with E-state index < -0.39 is 0 Å². The first-order valence-electron chi connectivity index (χ1n) is 7.56. The number of amides is 2. The number of carbonyl (C=O) groups is 1. The molecule has 0 radical (unpaired) electrons. The molecule has 0 aliphatic rings. The Morgan fingerprint density at radius 2 is 2.09 bits per heavy atom. The maximum atomic E-state index is 12.4. The Bertz CT molecular complexity index is 632. The zero-order valence-corrected chi connectivity index (χ0v) is 14.0. The van der Waals surface area contributed by atoms with Crippen molar-refractivity contribution in [3.05, 3.63) is 43.0 Å². The fourth-order valence-corrected chi connectivity index (χ4v) is 2.21. The SMILES string of the molecule is COc1ccccc1NC(=O)NC(Cn1ccnc1)C(C)(C)C. The Morgan fingerprint density at radius 1 is 1.35 bits per heavy atom. The molecular weight excluding hydrogens is 292 g/mol. The predicted octanol–water partition coefficient (Wildman–Crippen LogP) is 3.13. The van der Waals surface area contributed by atoms with Gasteiger partial charge in [0.25, 0.3) is 0 Å². The highest BCUT2D eigenvalue weighted by molar-refractivity contribution is 5.91. The Kier molecular flexibility index (Phi) is 5.26. The van der Waals surface area contributed by atoms with Crippen molar-refractivity contribution in [3.8, 4) is 5.75 Å². The van der Waals surface area contributed by atoms with E-state index in [1.807, 2.05) is 29.0 Å². The van der Waals surface area contributed by atoms with Crippen LogP contribution in [0.15, 0.2) is 43.0 Å². The lowest BCUT2D eigenvalue weighted by Crippen LogP contribution is -2.47. The molecule has 124 valence electrons. The highest BCUT2D eigenvalue weighted by atomic mass is 16.5. The number of imidazole rings is 1. The molecule has 1 heterocycles. The topological polar surface area (TPSA) is 68.2 Å². The van der Waals surface area contributed by atoms with Crippen LogP contribution in [0.3, 0.4) is 0 Å². The Hall–Kier alpha value is -2.50. The molecule has 6 nitrogen and oxygen atoms in total. The van der Waals surface area contributed by atoms with Gasteiger partial charge in [0.05, 0.1) is 25.2 Å². The average molecular weight is 316 g/mol. The van der Waals surface area contributed by atoms with E-state index in [1.54, 1.807) is 25.7 Å². The van der Waals surface area contributed by atoms with Crippen molar-refractivity contribution in [2.45, 2.75) is 33.4 Å². The summed E-state index contributed by atoms with van der Waals surface area (Å²) in [4.78, 5) is 16.4. The van der Waals surface area contributed by atoms with E-state index in [0.717, 1.165) is 0 Å². The van der Waals surface area contributed by atoms with Gasteiger partial charge in [0.1, 0.15) is 5.75 Å². The number of para-hydroxylation sites is 2. The third-order valence-electron chi connectivity index (χ3n) is 3.66.